The summed E-state index contributed by atoms with van der Waals surface area (Å²) in [6.45, 7) is 2.06. The second kappa shape index (κ2) is 5.65. The second-order valence-corrected chi connectivity index (χ2v) is 5.30. The number of nitrogens with zero attached hydrogens (tertiary/aromatic N) is 2. The molecule has 1 aromatic rings. The maximum absolute atomic E-state index is 5.71. The summed E-state index contributed by atoms with van der Waals surface area (Å²) in [7, 11) is 1.96. The number of rotatable bonds is 4. The van der Waals surface area contributed by atoms with Crippen LogP contribution in [0, 0.1) is 12.8 Å². The third-order valence-electron chi connectivity index (χ3n) is 3.92. The third-order valence-corrected chi connectivity index (χ3v) is 3.92. The fourth-order valence-corrected chi connectivity index (χ4v) is 3.00. The zero-order valence-corrected chi connectivity index (χ0v) is 10.9. The Balaban J connectivity index is 2.02. The molecule has 1 unspecified atom stereocenters. The van der Waals surface area contributed by atoms with Crippen LogP contribution in [0.3, 0.4) is 0 Å². The molecule has 17 heavy (non-hydrogen) atoms. The van der Waals surface area contributed by atoms with Crippen molar-refractivity contribution in [2.75, 3.05) is 0 Å². The minimum atomic E-state index is 0.256. The Labute approximate surface area is 104 Å². The predicted octanol–water partition coefficient (Wildman–Crippen LogP) is 2.20. The Morgan fingerprint density at radius 3 is 2.71 bits per heavy atom. The van der Waals surface area contributed by atoms with Gasteiger partial charge in [0.25, 0.3) is 0 Å². The highest BCUT2D eigenvalue weighted by Crippen LogP contribution is 2.32. The first-order chi connectivity index (χ1) is 8.20. The molecule has 1 atom stereocenters. The van der Waals surface area contributed by atoms with E-state index in [2.05, 4.69) is 23.6 Å². The number of nitrogens with two attached hydrogens (primary N) is 1. The van der Waals surface area contributed by atoms with Gasteiger partial charge in [0.05, 0.1) is 5.69 Å². The van der Waals surface area contributed by atoms with E-state index >= 15 is 0 Å². The van der Waals surface area contributed by atoms with Crippen LogP contribution in [0.1, 0.15) is 55.8 Å². The van der Waals surface area contributed by atoms with E-state index in [9.17, 15) is 0 Å². The first-order valence-electron chi connectivity index (χ1n) is 6.67. The Kier molecular flexibility index (Phi) is 4.18. The molecule has 1 aliphatic rings. The number of hydrazine groups is 1. The molecule has 1 saturated carbocycles. The zero-order chi connectivity index (χ0) is 12.3. The van der Waals surface area contributed by atoms with Crippen molar-refractivity contribution in [1.29, 1.82) is 0 Å². The molecule has 1 heterocycles. The van der Waals surface area contributed by atoms with Crippen molar-refractivity contribution < 1.29 is 0 Å². The van der Waals surface area contributed by atoms with Crippen LogP contribution in [0.15, 0.2) is 6.20 Å². The van der Waals surface area contributed by atoms with Gasteiger partial charge in [0.1, 0.15) is 0 Å². The molecule has 0 bridgehead atoms. The Morgan fingerprint density at radius 2 is 2.18 bits per heavy atom. The maximum Gasteiger partial charge on any atom is 0.0641 e. The van der Waals surface area contributed by atoms with Gasteiger partial charge in [-0.2, -0.15) is 5.10 Å². The van der Waals surface area contributed by atoms with E-state index in [1.165, 1.54) is 37.7 Å². The summed E-state index contributed by atoms with van der Waals surface area (Å²) >= 11 is 0. The number of aryl methyl sites for hydroxylation is 2. The van der Waals surface area contributed by atoms with Crippen molar-refractivity contribution in [2.45, 2.75) is 51.5 Å². The van der Waals surface area contributed by atoms with E-state index in [0.717, 1.165) is 18.0 Å². The van der Waals surface area contributed by atoms with Gasteiger partial charge in [0, 0.05) is 24.8 Å². The van der Waals surface area contributed by atoms with E-state index in [1.54, 1.807) is 0 Å². The van der Waals surface area contributed by atoms with E-state index in [0.29, 0.717) is 0 Å². The lowest BCUT2D eigenvalue weighted by Gasteiger charge is -2.26. The molecule has 0 aromatic carbocycles. The molecule has 1 aromatic heterocycles. The topological polar surface area (TPSA) is 55.9 Å². The standard InChI is InChI=1S/C13H24N4/c1-10-12(9-17(2)16-10)13(15-14)8-11-6-4-3-5-7-11/h9,11,13,15H,3-8,14H2,1-2H3. The summed E-state index contributed by atoms with van der Waals surface area (Å²) in [4.78, 5) is 0. The van der Waals surface area contributed by atoms with Gasteiger partial charge in [-0.15, -0.1) is 0 Å². The van der Waals surface area contributed by atoms with Gasteiger partial charge < -0.3 is 0 Å². The summed E-state index contributed by atoms with van der Waals surface area (Å²) in [6, 6.07) is 0.256. The molecule has 0 radical (unpaired) electrons. The van der Waals surface area contributed by atoms with Crippen molar-refractivity contribution in [3.05, 3.63) is 17.5 Å². The predicted molar refractivity (Wildman–Crippen MR) is 69.2 cm³/mol. The number of aromatic nitrogens is 2. The molecule has 1 fully saturated rings. The average molecular weight is 236 g/mol. The molecule has 4 heteroatoms. The van der Waals surface area contributed by atoms with Gasteiger partial charge in [-0.25, -0.2) is 0 Å². The molecule has 3 N–H and O–H groups in total. The molecule has 0 aliphatic heterocycles. The SMILES string of the molecule is Cc1nn(C)cc1C(CC1CCCCC1)NN. The van der Waals surface area contributed by atoms with Crippen LogP contribution in [0.25, 0.3) is 0 Å². The zero-order valence-electron chi connectivity index (χ0n) is 10.9. The van der Waals surface area contributed by atoms with Crippen LogP contribution in [0.5, 0.6) is 0 Å². The third kappa shape index (κ3) is 3.07. The summed E-state index contributed by atoms with van der Waals surface area (Å²) in [5, 5.41) is 4.39. The van der Waals surface area contributed by atoms with Crippen LogP contribution in [-0.4, -0.2) is 9.78 Å². The highest BCUT2D eigenvalue weighted by Gasteiger charge is 2.21. The van der Waals surface area contributed by atoms with E-state index in [-0.39, 0.29) is 6.04 Å². The molecule has 0 saturated heterocycles. The number of nitrogens with one attached hydrogen (secondary N) is 1. The van der Waals surface area contributed by atoms with Crippen molar-refractivity contribution in [3.63, 3.8) is 0 Å². The fraction of sp³-hybridized carbons (Fsp3) is 0.769. The van der Waals surface area contributed by atoms with Gasteiger partial charge in [-0.3, -0.25) is 16.0 Å². The Bertz CT molecular complexity index is 352. The molecule has 4 nitrogen and oxygen atoms in total. The quantitative estimate of drug-likeness (QED) is 0.622. The lowest BCUT2D eigenvalue weighted by atomic mass is 9.83. The Morgan fingerprint density at radius 1 is 1.47 bits per heavy atom. The highest BCUT2D eigenvalue weighted by molar-refractivity contribution is 5.19. The fourth-order valence-electron chi connectivity index (χ4n) is 3.00. The van der Waals surface area contributed by atoms with Crippen LogP contribution in [-0.2, 0) is 7.05 Å². The monoisotopic (exact) mass is 236 g/mol. The molecule has 2 rings (SSSR count). The molecular weight excluding hydrogens is 212 g/mol. The second-order valence-electron chi connectivity index (χ2n) is 5.30. The van der Waals surface area contributed by atoms with Crippen LogP contribution in [0.2, 0.25) is 0 Å². The van der Waals surface area contributed by atoms with Crippen molar-refractivity contribution in [1.82, 2.24) is 15.2 Å². The summed E-state index contributed by atoms with van der Waals surface area (Å²) in [5.41, 5.74) is 5.31. The first kappa shape index (κ1) is 12.6. The lowest BCUT2D eigenvalue weighted by molar-refractivity contribution is 0.300. The van der Waals surface area contributed by atoms with Gasteiger partial charge in [-0.1, -0.05) is 32.1 Å². The van der Waals surface area contributed by atoms with Gasteiger partial charge in [0.2, 0.25) is 0 Å². The van der Waals surface area contributed by atoms with Gasteiger partial charge in [0.15, 0.2) is 0 Å². The summed E-state index contributed by atoms with van der Waals surface area (Å²) in [5.74, 6) is 6.54. The number of hydrogen-bond acceptors (Lipinski definition) is 3. The van der Waals surface area contributed by atoms with Crippen molar-refractivity contribution in [2.24, 2.45) is 18.8 Å². The molecular formula is C13H24N4. The van der Waals surface area contributed by atoms with Crippen LogP contribution < -0.4 is 11.3 Å². The summed E-state index contributed by atoms with van der Waals surface area (Å²) in [6.07, 6.45) is 10.1. The minimum Gasteiger partial charge on any atom is -0.275 e. The lowest BCUT2D eigenvalue weighted by Crippen LogP contribution is -2.30. The van der Waals surface area contributed by atoms with E-state index in [4.69, 9.17) is 5.84 Å². The van der Waals surface area contributed by atoms with Crippen LogP contribution in [0.4, 0.5) is 0 Å². The Hall–Kier alpha value is -0.870. The van der Waals surface area contributed by atoms with Gasteiger partial charge in [-0.05, 0) is 19.3 Å². The number of hydrogen-bond donors (Lipinski definition) is 2. The van der Waals surface area contributed by atoms with Gasteiger partial charge >= 0.3 is 0 Å². The van der Waals surface area contributed by atoms with Crippen LogP contribution >= 0.6 is 0 Å². The normalized spacial score (nSPS) is 19.5. The largest absolute Gasteiger partial charge is 0.275 e. The highest BCUT2D eigenvalue weighted by atomic mass is 15.3. The molecule has 1 aliphatic carbocycles. The average Bonchev–Trinajstić information content (AvgIpc) is 2.67. The maximum atomic E-state index is 5.71. The smallest absolute Gasteiger partial charge is 0.0641 e. The van der Waals surface area contributed by atoms with E-state index < -0.39 is 0 Å². The first-order valence-corrected chi connectivity index (χ1v) is 6.67. The molecule has 96 valence electrons. The van der Waals surface area contributed by atoms with E-state index in [1.807, 2.05) is 11.7 Å². The minimum absolute atomic E-state index is 0.256. The summed E-state index contributed by atoms with van der Waals surface area (Å²) < 4.78 is 1.87. The van der Waals surface area contributed by atoms with Crippen molar-refractivity contribution in [3.8, 4) is 0 Å². The molecule has 0 spiro atoms. The van der Waals surface area contributed by atoms with Crippen molar-refractivity contribution >= 4 is 0 Å². The molecule has 0 amide bonds.